The molecule has 0 aliphatic carbocycles. The maximum atomic E-state index is 12.5. The molecular formula is C22H29N3O3. The highest BCUT2D eigenvalue weighted by Crippen LogP contribution is 2.22. The SMILES string of the molecule is COc1cccc(NC(=O)[C@@H](C)N(C)CC(=O)Nc2c(C)cc(C)cc2C)c1. The fourth-order valence-electron chi connectivity index (χ4n) is 3.07. The summed E-state index contributed by atoms with van der Waals surface area (Å²) >= 11 is 0. The zero-order chi connectivity index (χ0) is 20.8. The molecule has 0 fully saturated rings. The van der Waals surface area contributed by atoms with Crippen LogP contribution in [0.25, 0.3) is 0 Å². The van der Waals surface area contributed by atoms with Crippen LogP contribution < -0.4 is 15.4 Å². The number of ether oxygens (including phenoxy) is 1. The van der Waals surface area contributed by atoms with Gasteiger partial charge < -0.3 is 15.4 Å². The largest absolute Gasteiger partial charge is 0.497 e. The van der Waals surface area contributed by atoms with Gasteiger partial charge in [-0.3, -0.25) is 14.5 Å². The highest BCUT2D eigenvalue weighted by Gasteiger charge is 2.21. The summed E-state index contributed by atoms with van der Waals surface area (Å²) in [4.78, 5) is 26.7. The van der Waals surface area contributed by atoms with Gasteiger partial charge in [-0.25, -0.2) is 0 Å². The molecule has 0 saturated carbocycles. The van der Waals surface area contributed by atoms with Crippen LogP contribution in [0.4, 0.5) is 11.4 Å². The molecule has 0 heterocycles. The van der Waals surface area contributed by atoms with Crippen LogP contribution in [0.2, 0.25) is 0 Å². The van der Waals surface area contributed by atoms with E-state index in [1.165, 1.54) is 0 Å². The number of nitrogens with zero attached hydrogens (tertiary/aromatic N) is 1. The second kappa shape index (κ2) is 9.37. The highest BCUT2D eigenvalue weighted by atomic mass is 16.5. The molecule has 150 valence electrons. The number of benzene rings is 2. The van der Waals surface area contributed by atoms with E-state index in [0.717, 1.165) is 22.4 Å². The monoisotopic (exact) mass is 383 g/mol. The van der Waals surface area contributed by atoms with Crippen molar-refractivity contribution in [1.29, 1.82) is 0 Å². The van der Waals surface area contributed by atoms with Crippen molar-refractivity contribution in [3.63, 3.8) is 0 Å². The van der Waals surface area contributed by atoms with Gasteiger partial charge in [-0.1, -0.05) is 23.8 Å². The number of aryl methyl sites for hydroxylation is 3. The Balaban J connectivity index is 1.96. The smallest absolute Gasteiger partial charge is 0.241 e. The molecule has 0 unspecified atom stereocenters. The molecular weight excluding hydrogens is 354 g/mol. The van der Waals surface area contributed by atoms with Crippen LogP contribution >= 0.6 is 0 Å². The Bertz CT molecular complexity index is 841. The number of hydrogen-bond acceptors (Lipinski definition) is 4. The quantitative estimate of drug-likeness (QED) is 0.767. The molecule has 0 radical (unpaired) electrons. The number of methoxy groups -OCH3 is 1. The second-order valence-electron chi connectivity index (χ2n) is 7.13. The Labute approximate surface area is 166 Å². The molecule has 2 N–H and O–H groups in total. The fourth-order valence-corrected chi connectivity index (χ4v) is 3.07. The van der Waals surface area contributed by atoms with E-state index in [1.54, 1.807) is 38.1 Å². The summed E-state index contributed by atoms with van der Waals surface area (Å²) in [5.41, 5.74) is 4.69. The zero-order valence-electron chi connectivity index (χ0n) is 17.4. The van der Waals surface area contributed by atoms with Crippen molar-refractivity contribution in [1.82, 2.24) is 4.90 Å². The molecule has 2 aromatic rings. The van der Waals surface area contributed by atoms with Crippen molar-refractivity contribution in [2.24, 2.45) is 0 Å². The first-order chi connectivity index (χ1) is 13.2. The van der Waals surface area contributed by atoms with Gasteiger partial charge in [-0.05, 0) is 58.0 Å². The Morgan fingerprint density at radius 2 is 1.71 bits per heavy atom. The average molecular weight is 383 g/mol. The lowest BCUT2D eigenvalue weighted by atomic mass is 10.1. The minimum atomic E-state index is -0.475. The molecule has 0 aliphatic heterocycles. The van der Waals surface area contributed by atoms with E-state index in [0.29, 0.717) is 11.4 Å². The maximum absolute atomic E-state index is 12.5. The number of hydrogen-bond donors (Lipinski definition) is 2. The number of rotatable bonds is 7. The lowest BCUT2D eigenvalue weighted by Gasteiger charge is -2.24. The predicted molar refractivity (Wildman–Crippen MR) is 113 cm³/mol. The number of anilines is 2. The van der Waals surface area contributed by atoms with E-state index < -0.39 is 6.04 Å². The lowest BCUT2D eigenvalue weighted by Crippen LogP contribution is -2.43. The van der Waals surface area contributed by atoms with Crippen molar-refractivity contribution < 1.29 is 14.3 Å². The number of nitrogens with one attached hydrogen (secondary N) is 2. The van der Waals surface area contributed by atoms with Gasteiger partial charge in [0.15, 0.2) is 0 Å². The standard InChI is InChI=1S/C22H29N3O3/c1-14-10-15(2)21(16(3)11-14)24-20(26)13-25(5)17(4)22(27)23-18-8-7-9-19(12-18)28-6/h7-12,17H,13H2,1-6H3,(H,23,27)(H,24,26)/t17-/m1/s1. The molecule has 6 nitrogen and oxygen atoms in total. The lowest BCUT2D eigenvalue weighted by molar-refractivity contribution is -0.122. The van der Waals surface area contributed by atoms with E-state index in [2.05, 4.69) is 10.6 Å². The fraction of sp³-hybridized carbons (Fsp3) is 0.364. The highest BCUT2D eigenvalue weighted by molar-refractivity contribution is 5.96. The Hall–Kier alpha value is -2.86. The van der Waals surface area contributed by atoms with Crippen molar-refractivity contribution in [2.75, 3.05) is 31.3 Å². The first-order valence-electron chi connectivity index (χ1n) is 9.24. The third-order valence-corrected chi connectivity index (χ3v) is 4.71. The molecule has 2 rings (SSSR count). The molecule has 0 bridgehead atoms. The van der Waals surface area contributed by atoms with Crippen molar-refractivity contribution >= 4 is 23.2 Å². The van der Waals surface area contributed by atoms with Gasteiger partial charge >= 0.3 is 0 Å². The van der Waals surface area contributed by atoms with E-state index in [1.807, 2.05) is 45.0 Å². The molecule has 6 heteroatoms. The molecule has 0 spiro atoms. The first-order valence-corrected chi connectivity index (χ1v) is 9.24. The number of carbonyl (C=O) groups excluding carboxylic acids is 2. The van der Waals surface area contributed by atoms with Crippen LogP contribution in [0.3, 0.4) is 0 Å². The molecule has 2 amide bonds. The molecule has 28 heavy (non-hydrogen) atoms. The van der Waals surface area contributed by atoms with Crippen molar-refractivity contribution in [3.8, 4) is 5.75 Å². The Morgan fingerprint density at radius 3 is 2.32 bits per heavy atom. The molecule has 0 saturated heterocycles. The summed E-state index contributed by atoms with van der Waals surface area (Å²) in [6.07, 6.45) is 0. The summed E-state index contributed by atoms with van der Waals surface area (Å²) in [5, 5.41) is 5.82. The van der Waals surface area contributed by atoms with Gasteiger partial charge in [-0.15, -0.1) is 0 Å². The maximum Gasteiger partial charge on any atom is 0.241 e. The third kappa shape index (κ3) is 5.57. The van der Waals surface area contributed by atoms with E-state index in [9.17, 15) is 9.59 Å². The molecule has 0 aliphatic rings. The molecule has 2 aromatic carbocycles. The predicted octanol–water partition coefficient (Wildman–Crippen LogP) is 3.52. The normalized spacial score (nSPS) is 11.8. The summed E-state index contributed by atoms with van der Waals surface area (Å²) in [7, 11) is 3.33. The first kappa shape index (κ1) is 21.4. The topological polar surface area (TPSA) is 70.7 Å². The zero-order valence-corrected chi connectivity index (χ0v) is 17.4. The number of carbonyl (C=O) groups is 2. The van der Waals surface area contributed by atoms with Gasteiger partial charge in [0.2, 0.25) is 11.8 Å². The number of likely N-dealkylation sites (N-methyl/N-ethyl adjacent to an activating group) is 1. The summed E-state index contributed by atoms with van der Waals surface area (Å²) < 4.78 is 5.17. The van der Waals surface area contributed by atoms with Crippen LogP contribution in [-0.2, 0) is 9.59 Å². The average Bonchev–Trinajstić information content (AvgIpc) is 2.64. The second-order valence-corrected chi connectivity index (χ2v) is 7.13. The minimum Gasteiger partial charge on any atom is -0.497 e. The number of amides is 2. The van der Waals surface area contributed by atoms with Crippen molar-refractivity contribution in [2.45, 2.75) is 33.7 Å². The minimum absolute atomic E-state index is 0.111. The van der Waals surface area contributed by atoms with Crippen LogP contribution in [0.1, 0.15) is 23.6 Å². The summed E-state index contributed by atoms with van der Waals surface area (Å²) in [6.45, 7) is 7.86. The summed E-state index contributed by atoms with van der Waals surface area (Å²) in [6, 6.07) is 10.8. The van der Waals surface area contributed by atoms with Crippen LogP contribution in [0, 0.1) is 20.8 Å². The van der Waals surface area contributed by atoms with Gasteiger partial charge in [-0.2, -0.15) is 0 Å². The van der Waals surface area contributed by atoms with Gasteiger partial charge in [0.05, 0.1) is 19.7 Å². The molecule has 0 aromatic heterocycles. The van der Waals surface area contributed by atoms with Gasteiger partial charge in [0.25, 0.3) is 0 Å². The van der Waals surface area contributed by atoms with E-state index in [4.69, 9.17) is 4.74 Å². The van der Waals surface area contributed by atoms with Crippen LogP contribution in [0.15, 0.2) is 36.4 Å². The van der Waals surface area contributed by atoms with Crippen molar-refractivity contribution in [3.05, 3.63) is 53.1 Å². The van der Waals surface area contributed by atoms with E-state index in [-0.39, 0.29) is 18.4 Å². The van der Waals surface area contributed by atoms with Gasteiger partial charge in [0.1, 0.15) is 5.75 Å². The summed E-state index contributed by atoms with van der Waals surface area (Å²) in [5.74, 6) is 0.326. The van der Waals surface area contributed by atoms with Crippen LogP contribution in [-0.4, -0.2) is 43.5 Å². The van der Waals surface area contributed by atoms with Gasteiger partial charge in [0, 0.05) is 17.4 Å². The Morgan fingerprint density at radius 1 is 1.07 bits per heavy atom. The van der Waals surface area contributed by atoms with E-state index >= 15 is 0 Å². The third-order valence-electron chi connectivity index (χ3n) is 4.71. The van der Waals surface area contributed by atoms with Crippen LogP contribution in [0.5, 0.6) is 5.75 Å². The molecule has 1 atom stereocenters. The Kier molecular flexibility index (Phi) is 7.18.